The van der Waals surface area contributed by atoms with Crippen LogP contribution in [0.3, 0.4) is 0 Å². The van der Waals surface area contributed by atoms with E-state index in [1.54, 1.807) is 0 Å². The fourth-order valence-electron chi connectivity index (χ4n) is 2.04. The number of hydrogen-bond donors (Lipinski definition) is 1. The van der Waals surface area contributed by atoms with E-state index in [0.717, 1.165) is 32.7 Å². The lowest BCUT2D eigenvalue weighted by Gasteiger charge is -2.30. The molecule has 4 heteroatoms. The first-order valence-electron chi connectivity index (χ1n) is 6.07. The van der Waals surface area contributed by atoms with Gasteiger partial charge in [-0.05, 0) is 27.3 Å². The monoisotopic (exact) mass is 231 g/mol. The predicted octanol–water partition coefficient (Wildman–Crippen LogP) is 0.742. The van der Waals surface area contributed by atoms with Crippen molar-refractivity contribution in [2.45, 2.75) is 26.4 Å². The third kappa shape index (κ3) is 4.37. The second kappa shape index (κ2) is 6.55. The second-order valence-corrected chi connectivity index (χ2v) is 5.12. The highest BCUT2D eigenvalue weighted by Gasteiger charge is 2.35. The van der Waals surface area contributed by atoms with Crippen LogP contribution in [0.4, 0.5) is 0 Å². The van der Waals surface area contributed by atoms with Gasteiger partial charge in [-0.3, -0.25) is 0 Å². The van der Waals surface area contributed by atoms with E-state index in [0.29, 0.717) is 6.61 Å². The zero-order chi connectivity index (χ0) is 12.0. The van der Waals surface area contributed by atoms with Crippen molar-refractivity contribution in [3.63, 3.8) is 0 Å². The van der Waals surface area contributed by atoms with Gasteiger partial charge in [0.25, 0.3) is 0 Å². The van der Waals surface area contributed by atoms with Crippen LogP contribution >= 0.6 is 0 Å². The average molecular weight is 231 g/mol. The first-order chi connectivity index (χ1) is 7.58. The van der Waals surface area contributed by atoms with E-state index in [9.17, 15) is 5.11 Å². The molecular weight excluding hydrogens is 206 g/mol. The van der Waals surface area contributed by atoms with Crippen molar-refractivity contribution in [1.82, 2.24) is 4.90 Å². The van der Waals surface area contributed by atoms with E-state index in [1.165, 1.54) is 0 Å². The quantitative estimate of drug-likeness (QED) is 0.702. The van der Waals surface area contributed by atoms with Crippen molar-refractivity contribution in [2.75, 3.05) is 46.6 Å². The molecule has 1 N–H and O–H groups in total. The summed E-state index contributed by atoms with van der Waals surface area (Å²) >= 11 is 0. The zero-order valence-corrected chi connectivity index (χ0v) is 10.7. The Morgan fingerprint density at radius 2 is 2.25 bits per heavy atom. The van der Waals surface area contributed by atoms with Crippen molar-refractivity contribution in [1.29, 1.82) is 0 Å². The van der Waals surface area contributed by atoms with Gasteiger partial charge in [0.15, 0.2) is 0 Å². The van der Waals surface area contributed by atoms with E-state index in [4.69, 9.17) is 9.47 Å². The molecule has 1 aliphatic rings. The van der Waals surface area contributed by atoms with Crippen LogP contribution in [-0.4, -0.2) is 62.7 Å². The summed E-state index contributed by atoms with van der Waals surface area (Å²) in [7, 11) is 2.07. The smallest absolute Gasteiger partial charge is 0.0596 e. The molecule has 1 heterocycles. The molecular formula is C12H25NO3. The number of hydrogen-bond acceptors (Lipinski definition) is 4. The lowest BCUT2D eigenvalue weighted by molar-refractivity contribution is 0.0353. The van der Waals surface area contributed by atoms with E-state index >= 15 is 0 Å². The van der Waals surface area contributed by atoms with E-state index in [1.807, 2.05) is 13.8 Å². The zero-order valence-electron chi connectivity index (χ0n) is 10.7. The van der Waals surface area contributed by atoms with Crippen LogP contribution in [0.2, 0.25) is 0 Å². The molecule has 1 unspecified atom stereocenters. The van der Waals surface area contributed by atoms with Crippen LogP contribution < -0.4 is 0 Å². The number of ether oxygens (including phenoxy) is 2. The van der Waals surface area contributed by atoms with Crippen molar-refractivity contribution in [3.05, 3.63) is 0 Å². The van der Waals surface area contributed by atoms with Crippen molar-refractivity contribution < 1.29 is 14.6 Å². The van der Waals surface area contributed by atoms with Gasteiger partial charge in [0.2, 0.25) is 0 Å². The van der Waals surface area contributed by atoms with Gasteiger partial charge in [-0.15, -0.1) is 0 Å². The molecule has 1 aliphatic heterocycles. The van der Waals surface area contributed by atoms with Gasteiger partial charge in [-0.1, -0.05) is 0 Å². The summed E-state index contributed by atoms with van der Waals surface area (Å²) in [5, 5.41) is 9.44. The van der Waals surface area contributed by atoms with E-state index in [-0.39, 0.29) is 18.1 Å². The van der Waals surface area contributed by atoms with Crippen LogP contribution in [0, 0.1) is 5.41 Å². The predicted molar refractivity (Wildman–Crippen MR) is 63.5 cm³/mol. The maximum Gasteiger partial charge on any atom is 0.0596 e. The molecule has 96 valence electrons. The largest absolute Gasteiger partial charge is 0.396 e. The molecule has 0 aromatic rings. The Balaban J connectivity index is 2.24. The Morgan fingerprint density at radius 3 is 2.75 bits per heavy atom. The number of rotatable bonds is 7. The number of nitrogens with zero attached hydrogens (tertiary/aromatic N) is 1. The molecule has 1 fully saturated rings. The SMILES string of the molecule is CC(C)OCCN(C)CC1(CO)CCOC1. The van der Waals surface area contributed by atoms with Crippen LogP contribution in [0.1, 0.15) is 20.3 Å². The molecule has 0 bridgehead atoms. The Bertz CT molecular complexity index is 191. The molecule has 0 saturated carbocycles. The molecule has 1 atom stereocenters. The summed E-state index contributed by atoms with van der Waals surface area (Å²) in [5.74, 6) is 0. The van der Waals surface area contributed by atoms with Crippen LogP contribution in [0.15, 0.2) is 0 Å². The third-order valence-corrected chi connectivity index (χ3v) is 3.05. The molecule has 1 saturated heterocycles. The van der Waals surface area contributed by atoms with Crippen LogP contribution in [-0.2, 0) is 9.47 Å². The molecule has 0 amide bonds. The minimum atomic E-state index is -0.0490. The van der Waals surface area contributed by atoms with Gasteiger partial charge in [-0.25, -0.2) is 0 Å². The second-order valence-electron chi connectivity index (χ2n) is 5.12. The van der Waals surface area contributed by atoms with Gasteiger partial charge < -0.3 is 19.5 Å². The molecule has 0 aromatic heterocycles. The molecule has 0 radical (unpaired) electrons. The first kappa shape index (κ1) is 13.9. The standard InChI is InChI=1S/C12H25NO3/c1-11(2)16-7-5-13(3)8-12(9-14)4-6-15-10-12/h11,14H,4-10H2,1-3H3. The van der Waals surface area contributed by atoms with Crippen LogP contribution in [0.5, 0.6) is 0 Å². The summed E-state index contributed by atoms with van der Waals surface area (Å²) in [6.07, 6.45) is 1.24. The summed E-state index contributed by atoms with van der Waals surface area (Å²) in [4.78, 5) is 2.22. The highest BCUT2D eigenvalue weighted by atomic mass is 16.5. The Labute approximate surface area is 98.5 Å². The van der Waals surface area contributed by atoms with Gasteiger partial charge in [0, 0.05) is 25.1 Å². The Morgan fingerprint density at radius 1 is 1.50 bits per heavy atom. The molecule has 0 aromatic carbocycles. The van der Waals surface area contributed by atoms with Crippen molar-refractivity contribution in [2.24, 2.45) is 5.41 Å². The molecule has 4 nitrogen and oxygen atoms in total. The van der Waals surface area contributed by atoms with Gasteiger partial charge in [0.05, 0.1) is 25.9 Å². The minimum Gasteiger partial charge on any atom is -0.396 e. The fraction of sp³-hybridized carbons (Fsp3) is 1.00. The minimum absolute atomic E-state index is 0.0490. The maximum atomic E-state index is 9.44. The first-order valence-corrected chi connectivity index (χ1v) is 6.07. The topological polar surface area (TPSA) is 41.9 Å². The molecule has 1 rings (SSSR count). The summed E-state index contributed by atoms with van der Waals surface area (Å²) < 4.78 is 10.9. The van der Waals surface area contributed by atoms with Gasteiger partial charge in [0.1, 0.15) is 0 Å². The van der Waals surface area contributed by atoms with E-state index in [2.05, 4.69) is 11.9 Å². The Hall–Kier alpha value is -0.160. The van der Waals surface area contributed by atoms with Crippen LogP contribution in [0.25, 0.3) is 0 Å². The Kier molecular flexibility index (Phi) is 5.69. The molecule has 0 aliphatic carbocycles. The molecule has 0 spiro atoms. The fourth-order valence-corrected chi connectivity index (χ4v) is 2.04. The van der Waals surface area contributed by atoms with Crippen molar-refractivity contribution in [3.8, 4) is 0 Å². The third-order valence-electron chi connectivity index (χ3n) is 3.05. The summed E-state index contributed by atoms with van der Waals surface area (Å²) in [5.41, 5.74) is -0.0490. The number of aliphatic hydroxyl groups is 1. The maximum absolute atomic E-state index is 9.44. The molecule has 16 heavy (non-hydrogen) atoms. The highest BCUT2D eigenvalue weighted by Crippen LogP contribution is 2.28. The van der Waals surface area contributed by atoms with Gasteiger partial charge >= 0.3 is 0 Å². The lowest BCUT2D eigenvalue weighted by atomic mass is 9.88. The summed E-state index contributed by atoms with van der Waals surface area (Å²) in [6, 6.07) is 0. The normalized spacial score (nSPS) is 25.9. The highest BCUT2D eigenvalue weighted by molar-refractivity contribution is 4.85. The average Bonchev–Trinajstić information content (AvgIpc) is 2.66. The summed E-state index contributed by atoms with van der Waals surface area (Å²) in [6.45, 7) is 8.28. The number of aliphatic hydroxyl groups excluding tert-OH is 1. The van der Waals surface area contributed by atoms with Crippen molar-refractivity contribution >= 4 is 0 Å². The van der Waals surface area contributed by atoms with E-state index < -0.39 is 0 Å². The lowest BCUT2D eigenvalue weighted by Crippen LogP contribution is -2.40. The van der Waals surface area contributed by atoms with Gasteiger partial charge in [-0.2, -0.15) is 0 Å². The number of likely N-dealkylation sites (N-methyl/N-ethyl adjacent to an activating group) is 1.